The van der Waals surface area contributed by atoms with Crippen LogP contribution in [0.25, 0.3) is 22.1 Å². The Hall–Kier alpha value is -4.07. The topological polar surface area (TPSA) is 76.7 Å². The van der Waals surface area contributed by atoms with Crippen LogP contribution in [-0.2, 0) is 24.0 Å². The molecule has 0 aliphatic carbocycles. The van der Waals surface area contributed by atoms with E-state index in [0.717, 1.165) is 28.6 Å². The number of alkyl halides is 3. The molecule has 4 aromatic rings. The van der Waals surface area contributed by atoms with Crippen LogP contribution in [0.4, 0.5) is 13.2 Å². The van der Waals surface area contributed by atoms with Gasteiger partial charge in [-0.15, -0.1) is 0 Å². The minimum absolute atomic E-state index is 0.0964. The number of carboxylic acids is 1. The molecule has 186 valence electrons. The second-order valence-corrected chi connectivity index (χ2v) is 8.51. The average molecular weight is 496 g/mol. The average Bonchev–Trinajstić information content (AvgIpc) is 2.84. The second-order valence-electron chi connectivity index (χ2n) is 8.51. The van der Waals surface area contributed by atoms with Gasteiger partial charge in [-0.05, 0) is 66.8 Å². The molecule has 0 aliphatic heterocycles. The van der Waals surface area contributed by atoms with E-state index in [9.17, 15) is 22.8 Å². The van der Waals surface area contributed by atoms with Gasteiger partial charge in [0, 0.05) is 22.9 Å². The van der Waals surface area contributed by atoms with Gasteiger partial charge < -0.3 is 14.3 Å². The predicted octanol–water partition coefficient (Wildman–Crippen LogP) is 6.69. The standard InChI is InChI=1S/C28H23F3O5/c1-16-22-11-13-24(17(2)26(22)36-27(34)23(16)12-14-25(32)33)35-15-18-3-5-19(6-4-18)20-7-9-21(10-8-20)28(29,30)31/h3-11,13H,12,14-15H2,1-2H3,(H,32,33). The monoisotopic (exact) mass is 496 g/mol. The summed E-state index contributed by atoms with van der Waals surface area (Å²) in [5.41, 5.74) is 3.16. The number of aliphatic carboxylic acids is 1. The molecule has 0 spiro atoms. The fraction of sp³-hybridized carbons (Fsp3) is 0.214. The molecule has 36 heavy (non-hydrogen) atoms. The van der Waals surface area contributed by atoms with E-state index in [1.54, 1.807) is 26.0 Å². The molecule has 5 nitrogen and oxygen atoms in total. The Morgan fingerprint density at radius 1 is 0.917 bits per heavy atom. The third-order valence-corrected chi connectivity index (χ3v) is 6.14. The van der Waals surface area contributed by atoms with Crippen molar-refractivity contribution in [3.05, 3.63) is 98.9 Å². The zero-order chi connectivity index (χ0) is 26.0. The minimum atomic E-state index is -4.37. The Morgan fingerprint density at radius 2 is 1.53 bits per heavy atom. The Kier molecular flexibility index (Phi) is 6.88. The number of benzene rings is 3. The highest BCUT2D eigenvalue weighted by atomic mass is 19.4. The Labute approximate surface area is 204 Å². The molecule has 0 fully saturated rings. The zero-order valence-corrected chi connectivity index (χ0v) is 19.6. The number of halogens is 3. The molecule has 1 N–H and O–H groups in total. The van der Waals surface area contributed by atoms with Gasteiger partial charge in [0.25, 0.3) is 0 Å². The number of aryl methyl sites for hydroxylation is 2. The van der Waals surface area contributed by atoms with Gasteiger partial charge in [0.15, 0.2) is 0 Å². The zero-order valence-electron chi connectivity index (χ0n) is 19.6. The summed E-state index contributed by atoms with van der Waals surface area (Å²) >= 11 is 0. The van der Waals surface area contributed by atoms with Crippen molar-refractivity contribution >= 4 is 16.9 Å². The minimum Gasteiger partial charge on any atom is -0.488 e. The van der Waals surface area contributed by atoms with Gasteiger partial charge in [-0.1, -0.05) is 36.4 Å². The molecule has 3 aromatic carbocycles. The molecule has 0 saturated heterocycles. The Morgan fingerprint density at radius 3 is 2.11 bits per heavy atom. The summed E-state index contributed by atoms with van der Waals surface area (Å²) in [4.78, 5) is 23.4. The molecular weight excluding hydrogens is 473 g/mol. The van der Waals surface area contributed by atoms with Crippen LogP contribution < -0.4 is 10.4 Å². The molecule has 0 atom stereocenters. The van der Waals surface area contributed by atoms with Crippen LogP contribution in [0.3, 0.4) is 0 Å². The molecule has 8 heteroatoms. The fourth-order valence-corrected chi connectivity index (χ4v) is 4.05. The lowest BCUT2D eigenvalue weighted by Gasteiger charge is -2.13. The number of fused-ring (bicyclic) bond motifs is 1. The molecule has 0 bridgehead atoms. The fourth-order valence-electron chi connectivity index (χ4n) is 4.05. The molecule has 0 amide bonds. The molecule has 1 heterocycles. The molecule has 0 saturated carbocycles. The number of hydrogen-bond donors (Lipinski definition) is 1. The summed E-state index contributed by atoms with van der Waals surface area (Å²) in [6.07, 6.45) is -4.43. The maximum atomic E-state index is 12.8. The van der Waals surface area contributed by atoms with Crippen molar-refractivity contribution in [1.82, 2.24) is 0 Å². The first-order valence-electron chi connectivity index (χ1n) is 11.2. The summed E-state index contributed by atoms with van der Waals surface area (Å²) in [6.45, 7) is 3.79. The van der Waals surface area contributed by atoms with Gasteiger partial charge in [0.05, 0.1) is 5.56 Å². The highest BCUT2D eigenvalue weighted by Crippen LogP contribution is 2.32. The van der Waals surface area contributed by atoms with Gasteiger partial charge in [-0.25, -0.2) is 4.79 Å². The van der Waals surface area contributed by atoms with Crippen LogP contribution in [0, 0.1) is 13.8 Å². The Bertz CT molecular complexity index is 1470. The van der Waals surface area contributed by atoms with Crippen molar-refractivity contribution in [2.24, 2.45) is 0 Å². The lowest BCUT2D eigenvalue weighted by Crippen LogP contribution is -2.12. The van der Waals surface area contributed by atoms with Crippen LogP contribution in [-0.4, -0.2) is 11.1 Å². The first kappa shape index (κ1) is 25.0. The smallest absolute Gasteiger partial charge is 0.416 e. The summed E-state index contributed by atoms with van der Waals surface area (Å²) in [5, 5.41) is 9.65. The maximum absolute atomic E-state index is 12.8. The summed E-state index contributed by atoms with van der Waals surface area (Å²) in [7, 11) is 0. The van der Waals surface area contributed by atoms with Crippen molar-refractivity contribution in [3.63, 3.8) is 0 Å². The highest BCUT2D eigenvalue weighted by Gasteiger charge is 2.30. The number of hydrogen-bond acceptors (Lipinski definition) is 4. The van der Waals surface area contributed by atoms with Crippen molar-refractivity contribution < 1.29 is 32.2 Å². The van der Waals surface area contributed by atoms with E-state index in [2.05, 4.69) is 0 Å². The van der Waals surface area contributed by atoms with Gasteiger partial charge in [-0.3, -0.25) is 4.79 Å². The molecule has 1 aromatic heterocycles. The SMILES string of the molecule is Cc1c(CCC(=O)O)c(=O)oc2c(C)c(OCc3ccc(-c4ccc(C(F)(F)F)cc4)cc3)ccc12. The number of rotatable bonds is 7. The van der Waals surface area contributed by atoms with Crippen molar-refractivity contribution in [1.29, 1.82) is 0 Å². The normalized spacial score (nSPS) is 11.6. The van der Waals surface area contributed by atoms with E-state index < -0.39 is 23.3 Å². The van der Waals surface area contributed by atoms with E-state index in [1.165, 1.54) is 12.1 Å². The van der Waals surface area contributed by atoms with Crippen molar-refractivity contribution in [2.45, 2.75) is 39.5 Å². The lowest BCUT2D eigenvalue weighted by atomic mass is 10.0. The van der Waals surface area contributed by atoms with Gasteiger partial charge in [-0.2, -0.15) is 13.2 Å². The van der Waals surface area contributed by atoms with E-state index in [1.807, 2.05) is 24.3 Å². The molecule has 0 aliphatic rings. The van der Waals surface area contributed by atoms with Crippen molar-refractivity contribution in [3.8, 4) is 16.9 Å². The van der Waals surface area contributed by atoms with Crippen LogP contribution in [0.1, 0.15) is 34.2 Å². The summed E-state index contributed by atoms with van der Waals surface area (Å²) in [5.74, 6) is -0.448. The summed E-state index contributed by atoms with van der Waals surface area (Å²) < 4.78 is 49.8. The third-order valence-electron chi connectivity index (χ3n) is 6.14. The number of ether oxygens (including phenoxy) is 1. The van der Waals surface area contributed by atoms with Gasteiger partial charge in [0.2, 0.25) is 0 Å². The predicted molar refractivity (Wildman–Crippen MR) is 129 cm³/mol. The van der Waals surface area contributed by atoms with Crippen LogP contribution >= 0.6 is 0 Å². The van der Waals surface area contributed by atoms with E-state index in [0.29, 0.717) is 33.6 Å². The third kappa shape index (κ3) is 5.27. The van der Waals surface area contributed by atoms with Crippen LogP contribution in [0.15, 0.2) is 69.9 Å². The van der Waals surface area contributed by atoms with E-state index in [4.69, 9.17) is 14.3 Å². The summed E-state index contributed by atoms with van der Waals surface area (Å²) in [6, 6.07) is 15.9. The van der Waals surface area contributed by atoms with Gasteiger partial charge >= 0.3 is 17.8 Å². The highest BCUT2D eigenvalue weighted by molar-refractivity contribution is 5.85. The van der Waals surface area contributed by atoms with Crippen LogP contribution in [0.5, 0.6) is 5.75 Å². The molecule has 4 rings (SSSR count). The number of carboxylic acid groups (broad SMARTS) is 1. The molecular formula is C28H23F3O5. The first-order chi connectivity index (χ1) is 17.0. The largest absolute Gasteiger partial charge is 0.488 e. The lowest BCUT2D eigenvalue weighted by molar-refractivity contribution is -0.138. The maximum Gasteiger partial charge on any atom is 0.416 e. The number of carbonyl (C=O) groups is 1. The second kappa shape index (κ2) is 9.89. The molecule has 0 radical (unpaired) electrons. The van der Waals surface area contributed by atoms with E-state index in [-0.39, 0.29) is 19.4 Å². The first-order valence-corrected chi connectivity index (χ1v) is 11.2. The quantitative estimate of drug-likeness (QED) is 0.289. The molecule has 0 unspecified atom stereocenters. The van der Waals surface area contributed by atoms with Crippen molar-refractivity contribution in [2.75, 3.05) is 0 Å². The van der Waals surface area contributed by atoms with E-state index >= 15 is 0 Å². The van der Waals surface area contributed by atoms with Crippen LogP contribution in [0.2, 0.25) is 0 Å². The Balaban J connectivity index is 1.50. The van der Waals surface area contributed by atoms with Gasteiger partial charge in [0.1, 0.15) is 17.9 Å².